The van der Waals surface area contributed by atoms with Crippen LogP contribution in [0.15, 0.2) is 23.9 Å². The van der Waals surface area contributed by atoms with E-state index in [1.807, 2.05) is 18.2 Å². The molecule has 6 heteroatoms. The van der Waals surface area contributed by atoms with Gasteiger partial charge in [-0.1, -0.05) is 6.08 Å². The van der Waals surface area contributed by atoms with Gasteiger partial charge in [-0.3, -0.25) is 17.5 Å². The van der Waals surface area contributed by atoms with Crippen LogP contribution in [0.5, 0.6) is 0 Å². The molecule has 0 bridgehead atoms. The highest BCUT2D eigenvalue weighted by Gasteiger charge is 2.26. The van der Waals surface area contributed by atoms with Gasteiger partial charge < -0.3 is 5.43 Å². The second kappa shape index (κ2) is 3.65. The molecule has 0 atom stereocenters. The maximum Gasteiger partial charge on any atom is 0.118 e. The van der Waals surface area contributed by atoms with Gasteiger partial charge in [0.1, 0.15) is 5.66 Å². The highest BCUT2D eigenvalue weighted by molar-refractivity contribution is 5.24. The van der Waals surface area contributed by atoms with Crippen LogP contribution < -0.4 is 33.8 Å². The van der Waals surface area contributed by atoms with Crippen molar-refractivity contribution in [3.63, 3.8) is 0 Å². The molecular formula is C6H14N6. The Morgan fingerprint density at radius 3 is 2.42 bits per heavy atom. The van der Waals surface area contributed by atoms with Crippen LogP contribution in [0, 0.1) is 0 Å². The number of allylic oxidation sites excluding steroid dienone is 2. The highest BCUT2D eigenvalue weighted by Crippen LogP contribution is 2.16. The molecule has 12 heavy (non-hydrogen) atoms. The summed E-state index contributed by atoms with van der Waals surface area (Å²) >= 11 is 0. The van der Waals surface area contributed by atoms with Crippen LogP contribution in [-0.4, -0.2) is 5.66 Å². The minimum atomic E-state index is -0.601. The molecule has 0 fully saturated rings. The molecule has 1 aliphatic carbocycles. The molecular weight excluding hydrogens is 156 g/mol. The molecule has 9 N–H and O–H groups in total. The minimum Gasteiger partial charge on any atom is -0.328 e. The zero-order valence-corrected chi connectivity index (χ0v) is 6.67. The van der Waals surface area contributed by atoms with E-state index < -0.39 is 5.66 Å². The van der Waals surface area contributed by atoms with Gasteiger partial charge in [0.25, 0.3) is 0 Å². The van der Waals surface area contributed by atoms with Crippen molar-refractivity contribution >= 4 is 0 Å². The van der Waals surface area contributed by atoms with E-state index in [4.69, 9.17) is 17.5 Å². The molecule has 6 nitrogen and oxygen atoms in total. The molecule has 0 aromatic carbocycles. The van der Waals surface area contributed by atoms with Crippen LogP contribution in [0.3, 0.4) is 0 Å². The van der Waals surface area contributed by atoms with E-state index in [9.17, 15) is 0 Å². The average Bonchev–Trinajstić information content (AvgIpc) is 2.18. The summed E-state index contributed by atoms with van der Waals surface area (Å²) in [6, 6.07) is 0. The topological polar surface area (TPSA) is 114 Å². The lowest BCUT2D eigenvalue weighted by atomic mass is 10.00. The molecule has 0 unspecified atom stereocenters. The third-order valence-corrected chi connectivity index (χ3v) is 1.85. The minimum absolute atomic E-state index is 0.576. The summed E-state index contributed by atoms with van der Waals surface area (Å²) in [6.45, 7) is 0. The number of nitrogens with two attached hydrogens (primary N) is 3. The van der Waals surface area contributed by atoms with Crippen molar-refractivity contribution in [2.45, 2.75) is 12.1 Å². The Labute approximate surface area is 70.8 Å². The van der Waals surface area contributed by atoms with Crippen LogP contribution in [0.2, 0.25) is 0 Å². The van der Waals surface area contributed by atoms with Crippen molar-refractivity contribution in [1.29, 1.82) is 0 Å². The smallest absolute Gasteiger partial charge is 0.118 e. The summed E-state index contributed by atoms with van der Waals surface area (Å²) in [4.78, 5) is 0. The maximum atomic E-state index is 5.33. The Kier molecular flexibility index (Phi) is 2.79. The Hall–Kier alpha value is -0.920. The van der Waals surface area contributed by atoms with Gasteiger partial charge in [0.15, 0.2) is 0 Å². The van der Waals surface area contributed by atoms with Crippen LogP contribution >= 0.6 is 0 Å². The van der Waals surface area contributed by atoms with Crippen LogP contribution in [0.1, 0.15) is 6.42 Å². The van der Waals surface area contributed by atoms with Gasteiger partial charge in [0.2, 0.25) is 0 Å². The van der Waals surface area contributed by atoms with E-state index in [1.165, 1.54) is 0 Å². The SMILES string of the molecule is NNC1=CC=CC(NN)(NN)C1. The Morgan fingerprint density at radius 1 is 1.25 bits per heavy atom. The molecule has 1 rings (SSSR count). The monoisotopic (exact) mass is 170 g/mol. The van der Waals surface area contributed by atoms with E-state index in [2.05, 4.69) is 16.3 Å². The first-order chi connectivity index (χ1) is 5.76. The largest absolute Gasteiger partial charge is 0.328 e. The number of nitrogens with one attached hydrogen (secondary N) is 3. The predicted octanol–water partition coefficient (Wildman–Crippen LogP) is -2.08. The lowest BCUT2D eigenvalue weighted by Crippen LogP contribution is -2.62. The summed E-state index contributed by atoms with van der Waals surface area (Å²) in [5.41, 5.74) is 7.94. The van der Waals surface area contributed by atoms with Crippen molar-refractivity contribution in [3.8, 4) is 0 Å². The zero-order chi connectivity index (χ0) is 9.03. The second-order valence-corrected chi connectivity index (χ2v) is 2.63. The van der Waals surface area contributed by atoms with Crippen molar-refractivity contribution in [1.82, 2.24) is 16.3 Å². The van der Waals surface area contributed by atoms with Crippen LogP contribution in [0.4, 0.5) is 0 Å². The van der Waals surface area contributed by atoms with E-state index in [1.54, 1.807) is 0 Å². The Morgan fingerprint density at radius 2 is 1.92 bits per heavy atom. The van der Waals surface area contributed by atoms with Gasteiger partial charge in [-0.2, -0.15) is 0 Å². The van der Waals surface area contributed by atoms with E-state index >= 15 is 0 Å². The van der Waals surface area contributed by atoms with Crippen molar-refractivity contribution in [2.75, 3.05) is 0 Å². The first kappa shape index (κ1) is 9.17. The molecule has 0 aromatic rings. The summed E-state index contributed by atoms with van der Waals surface area (Å²) < 4.78 is 0. The number of hydrogen-bond acceptors (Lipinski definition) is 6. The molecule has 0 saturated carbocycles. The van der Waals surface area contributed by atoms with Gasteiger partial charge in [-0.05, 0) is 12.2 Å². The molecule has 0 heterocycles. The standard InChI is InChI=1S/C6H14N6/c7-10-5-2-1-3-6(4-5,11-8)12-9/h1-3,10-12H,4,7-9H2. The lowest BCUT2D eigenvalue weighted by Gasteiger charge is -2.31. The van der Waals surface area contributed by atoms with Crippen LogP contribution in [-0.2, 0) is 0 Å². The first-order valence-corrected chi connectivity index (χ1v) is 3.57. The molecule has 1 aliphatic rings. The third-order valence-electron chi connectivity index (χ3n) is 1.85. The van der Waals surface area contributed by atoms with Gasteiger partial charge in [0, 0.05) is 12.1 Å². The Balaban J connectivity index is 2.73. The molecule has 0 amide bonds. The van der Waals surface area contributed by atoms with E-state index in [-0.39, 0.29) is 0 Å². The molecule has 68 valence electrons. The van der Waals surface area contributed by atoms with Crippen molar-refractivity contribution in [2.24, 2.45) is 17.5 Å². The molecule has 0 spiro atoms. The highest BCUT2D eigenvalue weighted by atomic mass is 15.4. The first-order valence-electron chi connectivity index (χ1n) is 3.57. The fourth-order valence-corrected chi connectivity index (χ4v) is 1.09. The summed E-state index contributed by atoms with van der Waals surface area (Å²) in [7, 11) is 0. The van der Waals surface area contributed by atoms with Gasteiger partial charge in [-0.25, -0.2) is 10.9 Å². The third kappa shape index (κ3) is 1.63. The van der Waals surface area contributed by atoms with Gasteiger partial charge >= 0.3 is 0 Å². The van der Waals surface area contributed by atoms with Crippen molar-refractivity contribution < 1.29 is 0 Å². The van der Waals surface area contributed by atoms with Gasteiger partial charge in [-0.15, -0.1) is 0 Å². The fourth-order valence-electron chi connectivity index (χ4n) is 1.09. The summed E-state index contributed by atoms with van der Waals surface area (Å²) in [6.07, 6.45) is 6.08. The molecule has 0 aromatic heterocycles. The quantitative estimate of drug-likeness (QED) is 0.164. The van der Waals surface area contributed by atoms with Crippen molar-refractivity contribution in [3.05, 3.63) is 23.9 Å². The Bertz CT molecular complexity index is 204. The van der Waals surface area contributed by atoms with E-state index in [0.717, 1.165) is 5.70 Å². The second-order valence-electron chi connectivity index (χ2n) is 2.63. The average molecular weight is 170 g/mol. The normalized spacial score (nSPS) is 20.4. The number of rotatable bonds is 3. The predicted molar refractivity (Wildman–Crippen MR) is 46.5 cm³/mol. The number of hydrazine groups is 3. The molecule has 0 aliphatic heterocycles. The fraction of sp³-hybridized carbons (Fsp3) is 0.333. The van der Waals surface area contributed by atoms with E-state index in [0.29, 0.717) is 6.42 Å². The zero-order valence-electron chi connectivity index (χ0n) is 6.67. The van der Waals surface area contributed by atoms with Gasteiger partial charge in [0.05, 0.1) is 0 Å². The number of hydrogen-bond donors (Lipinski definition) is 6. The molecule has 0 radical (unpaired) electrons. The lowest BCUT2D eigenvalue weighted by molar-refractivity contribution is 0.322. The molecule has 0 saturated heterocycles. The van der Waals surface area contributed by atoms with Crippen LogP contribution in [0.25, 0.3) is 0 Å². The maximum absolute atomic E-state index is 5.33. The summed E-state index contributed by atoms with van der Waals surface area (Å²) in [5, 5.41) is 0. The summed E-state index contributed by atoms with van der Waals surface area (Å²) in [5.74, 6) is 15.9.